The van der Waals surface area contributed by atoms with Crippen LogP contribution in [0.25, 0.3) is 0 Å². The highest BCUT2D eigenvalue weighted by Crippen LogP contribution is 2.20. The Morgan fingerprint density at radius 2 is 1.56 bits per heavy atom. The quantitative estimate of drug-likeness (QED) is 0.909. The summed E-state index contributed by atoms with van der Waals surface area (Å²) in [5.41, 5.74) is 4.64. The van der Waals surface area contributed by atoms with Crippen LogP contribution >= 0.6 is 0 Å². The van der Waals surface area contributed by atoms with Crippen LogP contribution in [0.2, 0.25) is 0 Å². The van der Waals surface area contributed by atoms with Crippen molar-refractivity contribution in [2.45, 2.75) is 20.8 Å². The number of hydrogen-bond acceptors (Lipinski definition) is 3. The lowest BCUT2D eigenvalue weighted by atomic mass is 10.1. The lowest BCUT2D eigenvalue weighted by Crippen LogP contribution is -2.36. The van der Waals surface area contributed by atoms with Gasteiger partial charge in [-0.1, -0.05) is 17.7 Å². The maximum Gasteiger partial charge on any atom is 0.244 e. The van der Waals surface area contributed by atoms with Crippen molar-refractivity contribution in [3.63, 3.8) is 0 Å². The first-order valence-electron chi connectivity index (χ1n) is 8.20. The second kappa shape index (κ2) is 7.83. The maximum absolute atomic E-state index is 12.4. The molecule has 0 bridgehead atoms. The maximum atomic E-state index is 12.4. The highest BCUT2D eigenvalue weighted by molar-refractivity contribution is 6.02. The molecule has 0 unspecified atom stereocenters. The Hall–Kier alpha value is -2.82. The van der Waals surface area contributed by atoms with E-state index in [9.17, 15) is 9.59 Å². The normalized spacial score (nSPS) is 10.3. The molecule has 2 aromatic rings. The average molecular weight is 339 g/mol. The molecule has 132 valence electrons. The molecule has 0 heterocycles. The van der Waals surface area contributed by atoms with Crippen LogP contribution in [0.15, 0.2) is 42.5 Å². The van der Waals surface area contributed by atoms with Crippen LogP contribution in [0.3, 0.4) is 0 Å². The third kappa shape index (κ3) is 4.83. The molecule has 0 aliphatic heterocycles. The molecule has 5 nitrogen and oxygen atoms in total. The SMILES string of the molecule is CC(=O)N(CC(=O)Nc1ccc(C)cc1C)c1ccc(N(C)C)cc1. The monoisotopic (exact) mass is 339 g/mol. The zero-order valence-electron chi connectivity index (χ0n) is 15.5. The van der Waals surface area contributed by atoms with Crippen molar-refractivity contribution >= 4 is 28.9 Å². The summed E-state index contributed by atoms with van der Waals surface area (Å²) in [6, 6.07) is 13.4. The Kier molecular flexibility index (Phi) is 5.80. The van der Waals surface area contributed by atoms with Crippen LogP contribution in [0.4, 0.5) is 17.1 Å². The molecule has 0 atom stereocenters. The summed E-state index contributed by atoms with van der Waals surface area (Å²) in [7, 11) is 3.91. The number of anilines is 3. The molecule has 0 radical (unpaired) electrons. The Morgan fingerprint density at radius 3 is 2.08 bits per heavy atom. The Bertz CT molecular complexity index is 767. The van der Waals surface area contributed by atoms with Gasteiger partial charge < -0.3 is 15.1 Å². The third-order valence-electron chi connectivity index (χ3n) is 4.02. The van der Waals surface area contributed by atoms with Crippen molar-refractivity contribution < 1.29 is 9.59 Å². The summed E-state index contributed by atoms with van der Waals surface area (Å²) in [5, 5.41) is 2.88. The fourth-order valence-corrected chi connectivity index (χ4v) is 2.60. The molecule has 0 aliphatic rings. The van der Waals surface area contributed by atoms with Gasteiger partial charge in [-0.05, 0) is 49.7 Å². The molecule has 25 heavy (non-hydrogen) atoms. The minimum atomic E-state index is -0.223. The Labute approximate surface area is 149 Å². The van der Waals surface area contributed by atoms with Crippen molar-refractivity contribution in [2.24, 2.45) is 0 Å². The Balaban J connectivity index is 2.12. The molecule has 0 fully saturated rings. The molecule has 2 aromatic carbocycles. The number of carbonyl (C=O) groups is 2. The van der Waals surface area contributed by atoms with Crippen LogP contribution in [0.1, 0.15) is 18.1 Å². The summed E-state index contributed by atoms with van der Waals surface area (Å²) in [4.78, 5) is 27.8. The van der Waals surface area contributed by atoms with Crippen molar-refractivity contribution in [2.75, 3.05) is 35.8 Å². The molecule has 2 rings (SSSR count). The van der Waals surface area contributed by atoms with Gasteiger partial charge >= 0.3 is 0 Å². The van der Waals surface area contributed by atoms with Crippen LogP contribution in [0.5, 0.6) is 0 Å². The number of nitrogens with one attached hydrogen (secondary N) is 1. The Morgan fingerprint density at radius 1 is 0.960 bits per heavy atom. The van der Waals surface area contributed by atoms with Gasteiger partial charge in [0.15, 0.2) is 0 Å². The van der Waals surface area contributed by atoms with E-state index in [1.807, 2.05) is 75.3 Å². The molecule has 2 amide bonds. The highest BCUT2D eigenvalue weighted by atomic mass is 16.2. The summed E-state index contributed by atoms with van der Waals surface area (Å²) in [6.45, 7) is 5.40. The second-order valence-electron chi connectivity index (χ2n) is 6.38. The zero-order chi connectivity index (χ0) is 18.6. The second-order valence-corrected chi connectivity index (χ2v) is 6.38. The number of hydrogen-bond donors (Lipinski definition) is 1. The van der Waals surface area contributed by atoms with Gasteiger partial charge in [-0.2, -0.15) is 0 Å². The molecule has 0 spiro atoms. The first-order valence-corrected chi connectivity index (χ1v) is 8.20. The number of benzene rings is 2. The van der Waals surface area contributed by atoms with E-state index in [2.05, 4.69) is 5.32 Å². The summed E-state index contributed by atoms with van der Waals surface area (Å²) in [6.07, 6.45) is 0. The smallest absolute Gasteiger partial charge is 0.244 e. The van der Waals surface area contributed by atoms with Crippen LogP contribution < -0.4 is 15.1 Å². The predicted octanol–water partition coefficient (Wildman–Crippen LogP) is 3.36. The lowest BCUT2D eigenvalue weighted by molar-refractivity contribution is -0.120. The van der Waals surface area contributed by atoms with Crippen molar-refractivity contribution in [3.8, 4) is 0 Å². The summed E-state index contributed by atoms with van der Waals surface area (Å²) >= 11 is 0. The van der Waals surface area contributed by atoms with Gasteiger partial charge in [0.05, 0.1) is 0 Å². The number of amides is 2. The van der Waals surface area contributed by atoms with E-state index in [1.54, 1.807) is 0 Å². The van der Waals surface area contributed by atoms with E-state index in [4.69, 9.17) is 0 Å². The van der Waals surface area contributed by atoms with E-state index in [0.717, 1.165) is 22.5 Å². The predicted molar refractivity (Wildman–Crippen MR) is 103 cm³/mol. The van der Waals surface area contributed by atoms with Crippen molar-refractivity contribution in [1.29, 1.82) is 0 Å². The van der Waals surface area contributed by atoms with E-state index in [1.165, 1.54) is 11.8 Å². The van der Waals surface area contributed by atoms with Crippen LogP contribution in [0, 0.1) is 13.8 Å². The molecule has 0 saturated carbocycles. The standard InChI is InChI=1S/C20H25N3O2/c1-14-6-11-19(15(2)12-14)21-20(25)13-23(16(3)24)18-9-7-17(8-10-18)22(4)5/h6-12H,13H2,1-5H3,(H,21,25). The minimum Gasteiger partial charge on any atom is -0.378 e. The first-order chi connectivity index (χ1) is 11.8. The van der Waals surface area contributed by atoms with E-state index in [0.29, 0.717) is 5.69 Å². The molecule has 0 saturated heterocycles. The topological polar surface area (TPSA) is 52.7 Å². The number of aryl methyl sites for hydroxylation is 2. The van der Waals surface area contributed by atoms with Gasteiger partial charge in [-0.15, -0.1) is 0 Å². The third-order valence-corrected chi connectivity index (χ3v) is 4.02. The number of carbonyl (C=O) groups excluding carboxylic acids is 2. The minimum absolute atomic E-state index is 0.0238. The van der Waals surface area contributed by atoms with Crippen molar-refractivity contribution in [1.82, 2.24) is 0 Å². The number of rotatable bonds is 5. The fraction of sp³-hybridized carbons (Fsp3) is 0.300. The van der Waals surface area contributed by atoms with Crippen LogP contribution in [-0.4, -0.2) is 32.5 Å². The van der Waals surface area contributed by atoms with E-state index in [-0.39, 0.29) is 18.4 Å². The largest absolute Gasteiger partial charge is 0.378 e. The molecule has 5 heteroatoms. The zero-order valence-corrected chi connectivity index (χ0v) is 15.5. The van der Waals surface area contributed by atoms with Gasteiger partial charge in [0.2, 0.25) is 11.8 Å². The van der Waals surface area contributed by atoms with E-state index >= 15 is 0 Å². The van der Waals surface area contributed by atoms with Crippen LogP contribution in [-0.2, 0) is 9.59 Å². The fourth-order valence-electron chi connectivity index (χ4n) is 2.60. The molecular formula is C20H25N3O2. The van der Waals surface area contributed by atoms with E-state index < -0.39 is 0 Å². The summed E-state index contributed by atoms with van der Waals surface area (Å²) in [5.74, 6) is -0.396. The molecular weight excluding hydrogens is 314 g/mol. The molecule has 0 aliphatic carbocycles. The molecule has 1 N–H and O–H groups in total. The van der Waals surface area contributed by atoms with Gasteiger partial charge in [0.25, 0.3) is 0 Å². The average Bonchev–Trinajstić information content (AvgIpc) is 2.55. The van der Waals surface area contributed by atoms with Gasteiger partial charge in [-0.3, -0.25) is 9.59 Å². The molecule has 0 aromatic heterocycles. The first kappa shape index (κ1) is 18.5. The van der Waals surface area contributed by atoms with Gasteiger partial charge in [-0.25, -0.2) is 0 Å². The van der Waals surface area contributed by atoms with Crippen molar-refractivity contribution in [3.05, 3.63) is 53.6 Å². The highest BCUT2D eigenvalue weighted by Gasteiger charge is 2.16. The summed E-state index contributed by atoms with van der Waals surface area (Å²) < 4.78 is 0. The lowest BCUT2D eigenvalue weighted by Gasteiger charge is -2.22. The number of nitrogens with zero attached hydrogens (tertiary/aromatic N) is 2. The van der Waals surface area contributed by atoms with Gasteiger partial charge in [0, 0.05) is 38.1 Å². The van der Waals surface area contributed by atoms with Gasteiger partial charge in [0.1, 0.15) is 6.54 Å².